The van der Waals surface area contributed by atoms with Gasteiger partial charge in [-0.05, 0) is 42.0 Å². The van der Waals surface area contributed by atoms with E-state index in [1.165, 1.54) is 11.8 Å². The highest BCUT2D eigenvalue weighted by atomic mass is 32.2. The van der Waals surface area contributed by atoms with Crippen molar-refractivity contribution < 1.29 is 19.5 Å². The Morgan fingerprint density at radius 1 is 1.00 bits per heavy atom. The summed E-state index contributed by atoms with van der Waals surface area (Å²) < 4.78 is 0.884. The number of carboxylic acids is 1. The topological polar surface area (TPSA) is 150 Å². The molecule has 0 aliphatic carbocycles. The van der Waals surface area contributed by atoms with Crippen LogP contribution in [0.15, 0.2) is 64.2 Å². The maximum Gasteiger partial charge on any atom is 0.329 e. The Morgan fingerprint density at radius 2 is 1.67 bits per heavy atom. The second-order valence-corrected chi connectivity index (χ2v) is 10.4. The second kappa shape index (κ2) is 13.8. The van der Waals surface area contributed by atoms with Gasteiger partial charge in [-0.15, -0.1) is 0 Å². The molecule has 0 saturated carbocycles. The number of hydrogen-bond donors (Lipinski definition) is 4. The van der Waals surface area contributed by atoms with E-state index in [-0.39, 0.29) is 24.1 Å². The molecule has 0 unspecified atom stereocenters. The summed E-state index contributed by atoms with van der Waals surface area (Å²) in [6.45, 7) is 3.61. The first kappa shape index (κ1) is 29.7. The van der Waals surface area contributed by atoms with Gasteiger partial charge >= 0.3 is 11.7 Å². The fraction of sp³-hybridized carbons (Fsp3) is 0.393. The summed E-state index contributed by atoms with van der Waals surface area (Å²) in [4.78, 5) is 68.0. The van der Waals surface area contributed by atoms with Crippen LogP contribution in [0.1, 0.15) is 38.3 Å². The van der Waals surface area contributed by atoms with Crippen molar-refractivity contribution in [2.75, 3.05) is 12.0 Å². The molecule has 0 saturated heterocycles. The molecule has 4 atom stereocenters. The highest BCUT2D eigenvalue weighted by molar-refractivity contribution is 7.98. The van der Waals surface area contributed by atoms with Gasteiger partial charge in [0.05, 0.1) is 10.9 Å². The molecule has 2 aromatic carbocycles. The van der Waals surface area contributed by atoms with Crippen LogP contribution >= 0.6 is 11.8 Å². The molecule has 0 fully saturated rings. The lowest BCUT2D eigenvalue weighted by molar-refractivity contribution is -0.142. The average Bonchev–Trinajstić information content (AvgIpc) is 2.93. The number of H-pyrrole nitrogens is 1. The number of fused-ring (bicyclic) bond motifs is 1. The number of para-hydroxylation sites is 1. The number of carboxylic acid groups (broad SMARTS) is 1. The molecule has 11 heteroatoms. The largest absolute Gasteiger partial charge is 0.480 e. The maximum absolute atomic E-state index is 13.8. The fourth-order valence-corrected chi connectivity index (χ4v) is 4.78. The Hall–Kier alpha value is -3.86. The van der Waals surface area contributed by atoms with Crippen molar-refractivity contribution in [1.29, 1.82) is 0 Å². The van der Waals surface area contributed by atoms with E-state index in [2.05, 4.69) is 15.6 Å². The van der Waals surface area contributed by atoms with Gasteiger partial charge in [0.2, 0.25) is 11.8 Å². The number of nitrogens with one attached hydrogen (secondary N) is 3. The molecule has 39 heavy (non-hydrogen) atoms. The number of nitrogens with zero attached hydrogens (tertiary/aromatic N) is 1. The highest BCUT2D eigenvalue weighted by Crippen LogP contribution is 2.16. The van der Waals surface area contributed by atoms with Crippen LogP contribution in [-0.4, -0.2) is 56.5 Å². The molecule has 0 radical (unpaired) electrons. The third-order valence-corrected chi connectivity index (χ3v) is 7.39. The number of rotatable bonds is 13. The zero-order chi connectivity index (χ0) is 28.5. The minimum absolute atomic E-state index is 0.0221. The number of aromatic nitrogens is 2. The molecule has 0 aliphatic heterocycles. The van der Waals surface area contributed by atoms with Crippen LogP contribution < -0.4 is 21.9 Å². The minimum atomic E-state index is -1.26. The van der Waals surface area contributed by atoms with Crippen LogP contribution in [0.3, 0.4) is 0 Å². The molecular weight excluding hydrogens is 520 g/mol. The van der Waals surface area contributed by atoms with Crippen molar-refractivity contribution in [3.8, 4) is 0 Å². The normalized spacial score (nSPS) is 14.2. The molecule has 1 aromatic heterocycles. The van der Waals surface area contributed by atoms with Crippen molar-refractivity contribution in [2.45, 2.75) is 51.2 Å². The average molecular weight is 555 g/mol. The summed E-state index contributed by atoms with van der Waals surface area (Å²) in [6.07, 6.45) is 2.60. The van der Waals surface area contributed by atoms with Gasteiger partial charge in [-0.25, -0.2) is 14.2 Å². The van der Waals surface area contributed by atoms with Crippen LogP contribution in [-0.2, 0) is 20.8 Å². The quantitative estimate of drug-likeness (QED) is 0.253. The molecule has 2 amide bonds. The number of hydrogen-bond acceptors (Lipinski definition) is 6. The summed E-state index contributed by atoms with van der Waals surface area (Å²) in [5, 5.41) is 15.1. The van der Waals surface area contributed by atoms with Crippen molar-refractivity contribution >= 4 is 40.4 Å². The molecule has 0 bridgehead atoms. The van der Waals surface area contributed by atoms with Crippen LogP contribution in [0.2, 0.25) is 0 Å². The van der Waals surface area contributed by atoms with Crippen LogP contribution in [0.25, 0.3) is 10.9 Å². The lowest BCUT2D eigenvalue weighted by Crippen LogP contribution is -2.56. The molecule has 0 spiro atoms. The lowest BCUT2D eigenvalue weighted by Gasteiger charge is -2.28. The van der Waals surface area contributed by atoms with E-state index in [0.29, 0.717) is 23.3 Å². The molecule has 10 nitrogen and oxygen atoms in total. The molecule has 208 valence electrons. The smallest absolute Gasteiger partial charge is 0.329 e. The molecular formula is C28H34N4O6S. The van der Waals surface area contributed by atoms with Gasteiger partial charge in [-0.3, -0.25) is 14.4 Å². The van der Waals surface area contributed by atoms with Crippen molar-refractivity contribution in [1.82, 2.24) is 20.2 Å². The summed E-state index contributed by atoms with van der Waals surface area (Å²) >= 11 is 1.46. The number of carbonyl (C=O) groups excluding carboxylic acids is 2. The molecule has 1 heterocycles. The van der Waals surface area contributed by atoms with E-state index in [4.69, 9.17) is 0 Å². The second-order valence-electron chi connectivity index (χ2n) is 9.41. The van der Waals surface area contributed by atoms with Gasteiger partial charge in [-0.2, -0.15) is 11.8 Å². The number of benzene rings is 2. The summed E-state index contributed by atoms with van der Waals surface area (Å²) in [5.41, 5.74) is -0.311. The van der Waals surface area contributed by atoms with Crippen molar-refractivity contribution in [3.05, 3.63) is 81.0 Å². The van der Waals surface area contributed by atoms with E-state index in [9.17, 15) is 29.1 Å². The Kier molecular flexibility index (Phi) is 10.5. The minimum Gasteiger partial charge on any atom is -0.480 e. The molecule has 3 aromatic rings. The van der Waals surface area contributed by atoms with Crippen LogP contribution in [0.4, 0.5) is 0 Å². The maximum atomic E-state index is 13.8. The Labute approximate surface area is 230 Å². The highest BCUT2D eigenvalue weighted by Gasteiger charge is 2.33. The number of aliphatic carboxylic acids is 1. The van der Waals surface area contributed by atoms with Crippen molar-refractivity contribution in [3.63, 3.8) is 0 Å². The van der Waals surface area contributed by atoms with Crippen LogP contribution in [0, 0.1) is 5.92 Å². The predicted molar refractivity (Wildman–Crippen MR) is 152 cm³/mol. The van der Waals surface area contributed by atoms with Gasteiger partial charge in [-0.1, -0.05) is 62.7 Å². The standard InChI is InChI=1S/C28H34N4O6S/c1-4-17(2)23(25(34)29-21(27(36)37)14-15-39-3)31-24(33)22(16-18-10-6-5-7-11-18)32-26(35)19-12-8-9-13-20(19)30-28(32)38/h5-13,17,21-23H,4,14-16H2,1-3H3,(H,29,34)(H,30,38)(H,31,33)(H,36,37)/t17-,21+,22-,23-/m0/s1. The summed E-state index contributed by atoms with van der Waals surface area (Å²) in [7, 11) is 0. The van der Waals surface area contributed by atoms with Crippen molar-refractivity contribution in [2.24, 2.45) is 5.92 Å². The van der Waals surface area contributed by atoms with E-state index < -0.39 is 47.2 Å². The molecule has 3 rings (SSSR count). The molecule has 4 N–H and O–H groups in total. The third-order valence-electron chi connectivity index (χ3n) is 6.74. The number of amides is 2. The third kappa shape index (κ3) is 7.38. The number of aromatic amines is 1. The van der Waals surface area contributed by atoms with E-state index in [0.717, 1.165) is 4.57 Å². The van der Waals surface area contributed by atoms with E-state index >= 15 is 0 Å². The lowest BCUT2D eigenvalue weighted by atomic mass is 9.96. The number of thioether (sulfide) groups is 1. The zero-order valence-electron chi connectivity index (χ0n) is 22.2. The summed E-state index contributed by atoms with van der Waals surface area (Å²) in [5.74, 6) is -2.32. The van der Waals surface area contributed by atoms with Gasteiger partial charge in [0, 0.05) is 6.42 Å². The van der Waals surface area contributed by atoms with Gasteiger partial charge in [0.1, 0.15) is 18.1 Å². The first-order valence-electron chi connectivity index (χ1n) is 12.8. The van der Waals surface area contributed by atoms with Gasteiger partial charge in [0.15, 0.2) is 0 Å². The SMILES string of the molecule is CC[C@H](C)[C@H](NC(=O)[C@H](Cc1ccccc1)n1c(=O)[nH]c2ccccc2c1=O)C(=O)N[C@H](CCSC)C(=O)O. The fourth-order valence-electron chi connectivity index (χ4n) is 4.30. The first-order valence-corrected chi connectivity index (χ1v) is 14.2. The first-order chi connectivity index (χ1) is 18.7. The van der Waals surface area contributed by atoms with Gasteiger partial charge in [0.25, 0.3) is 5.56 Å². The Balaban J connectivity index is 2.00. The predicted octanol–water partition coefficient (Wildman–Crippen LogP) is 2.33. The zero-order valence-corrected chi connectivity index (χ0v) is 23.0. The molecule has 0 aliphatic rings. The Morgan fingerprint density at radius 3 is 2.31 bits per heavy atom. The Bertz CT molecular complexity index is 1420. The number of carbonyl (C=O) groups is 3. The van der Waals surface area contributed by atoms with E-state index in [1.807, 2.05) is 19.2 Å². The van der Waals surface area contributed by atoms with Gasteiger partial charge < -0.3 is 20.7 Å². The summed E-state index contributed by atoms with van der Waals surface area (Å²) in [6, 6.07) is 12.0. The monoisotopic (exact) mass is 554 g/mol. The van der Waals surface area contributed by atoms with Crippen LogP contribution in [0.5, 0.6) is 0 Å². The van der Waals surface area contributed by atoms with E-state index in [1.54, 1.807) is 55.5 Å².